The van der Waals surface area contributed by atoms with Crippen LogP contribution in [0.25, 0.3) is 0 Å². The summed E-state index contributed by atoms with van der Waals surface area (Å²) in [5.74, 6) is -2.22. The fourth-order valence-electron chi connectivity index (χ4n) is 1.69. The Balaban J connectivity index is 2.24. The third kappa shape index (κ3) is 3.08. The highest BCUT2D eigenvalue weighted by molar-refractivity contribution is 6.06. The first-order chi connectivity index (χ1) is 9.88. The van der Waals surface area contributed by atoms with Crippen LogP contribution in [0.3, 0.4) is 0 Å². The Morgan fingerprint density at radius 3 is 2.43 bits per heavy atom. The Morgan fingerprint density at radius 2 is 1.86 bits per heavy atom. The molecular formula is C14H12N2O5. The molecule has 1 aromatic heterocycles. The second-order valence-corrected chi connectivity index (χ2v) is 4.35. The van der Waals surface area contributed by atoms with Crippen LogP contribution in [0.1, 0.15) is 38.1 Å². The van der Waals surface area contributed by atoms with Crippen molar-refractivity contribution in [2.75, 3.05) is 5.32 Å². The van der Waals surface area contributed by atoms with E-state index in [0.717, 1.165) is 6.07 Å². The highest BCUT2D eigenvalue weighted by Crippen LogP contribution is 2.24. The van der Waals surface area contributed by atoms with E-state index in [9.17, 15) is 19.5 Å². The Bertz CT molecular complexity index is 733. The summed E-state index contributed by atoms with van der Waals surface area (Å²) < 4.78 is 0. The molecule has 1 amide bonds. The first kappa shape index (κ1) is 14.3. The summed E-state index contributed by atoms with van der Waals surface area (Å²) in [6, 6.07) is 4.91. The van der Waals surface area contributed by atoms with E-state index < -0.39 is 11.9 Å². The summed E-state index contributed by atoms with van der Waals surface area (Å²) >= 11 is 0. The molecule has 0 spiro atoms. The molecule has 7 nitrogen and oxygen atoms in total. The summed E-state index contributed by atoms with van der Waals surface area (Å²) in [4.78, 5) is 36.6. The van der Waals surface area contributed by atoms with E-state index in [1.807, 2.05) is 0 Å². The van der Waals surface area contributed by atoms with Gasteiger partial charge in [0.2, 0.25) is 0 Å². The minimum Gasteiger partial charge on any atom is -0.506 e. The van der Waals surface area contributed by atoms with Crippen molar-refractivity contribution in [3.05, 3.63) is 47.3 Å². The number of amides is 1. The number of phenolic OH excluding ortho intramolecular Hbond substituents is 1. The molecule has 0 aliphatic rings. The molecule has 0 saturated heterocycles. The molecule has 0 radical (unpaired) electrons. The van der Waals surface area contributed by atoms with E-state index in [1.54, 1.807) is 0 Å². The van der Waals surface area contributed by atoms with E-state index in [2.05, 4.69) is 10.3 Å². The van der Waals surface area contributed by atoms with E-state index in [4.69, 9.17) is 5.11 Å². The van der Waals surface area contributed by atoms with Crippen LogP contribution >= 0.6 is 0 Å². The zero-order valence-corrected chi connectivity index (χ0v) is 11.0. The minimum absolute atomic E-state index is 0.0288. The molecule has 0 atom stereocenters. The maximum atomic E-state index is 12.0. The van der Waals surface area contributed by atoms with Gasteiger partial charge in [0.05, 0.1) is 11.3 Å². The number of H-pyrrole nitrogens is 1. The van der Waals surface area contributed by atoms with Gasteiger partial charge in [-0.15, -0.1) is 0 Å². The summed E-state index contributed by atoms with van der Waals surface area (Å²) in [6.07, 6.45) is 1.39. The smallest absolute Gasteiger partial charge is 0.335 e. The highest BCUT2D eigenvalue weighted by atomic mass is 16.4. The molecule has 0 bridgehead atoms. The van der Waals surface area contributed by atoms with Gasteiger partial charge in [-0.25, -0.2) is 4.79 Å². The van der Waals surface area contributed by atoms with E-state index in [0.29, 0.717) is 5.56 Å². The van der Waals surface area contributed by atoms with Crippen LogP contribution < -0.4 is 5.32 Å². The lowest BCUT2D eigenvalue weighted by atomic mass is 10.2. The van der Waals surface area contributed by atoms with Gasteiger partial charge in [0.1, 0.15) is 11.4 Å². The van der Waals surface area contributed by atoms with Gasteiger partial charge >= 0.3 is 5.97 Å². The Morgan fingerprint density at radius 1 is 1.14 bits per heavy atom. The number of benzene rings is 1. The van der Waals surface area contributed by atoms with Crippen molar-refractivity contribution in [3.8, 4) is 5.75 Å². The van der Waals surface area contributed by atoms with Crippen LogP contribution in [0, 0.1) is 0 Å². The number of carbonyl (C=O) groups is 3. The number of hydrogen-bond donors (Lipinski definition) is 4. The second kappa shape index (κ2) is 5.49. The van der Waals surface area contributed by atoms with Gasteiger partial charge in [-0.2, -0.15) is 0 Å². The third-order valence-corrected chi connectivity index (χ3v) is 2.83. The summed E-state index contributed by atoms with van der Waals surface area (Å²) in [7, 11) is 0. The van der Waals surface area contributed by atoms with Gasteiger partial charge in [-0.05, 0) is 31.2 Å². The number of carbonyl (C=O) groups excluding carboxylic acids is 2. The molecule has 0 saturated carbocycles. The number of aromatic nitrogens is 1. The Labute approximate surface area is 119 Å². The lowest BCUT2D eigenvalue weighted by molar-refractivity contribution is 0.0696. The van der Waals surface area contributed by atoms with Crippen molar-refractivity contribution in [2.24, 2.45) is 0 Å². The largest absolute Gasteiger partial charge is 0.506 e. The van der Waals surface area contributed by atoms with Crippen LogP contribution in [-0.2, 0) is 0 Å². The van der Waals surface area contributed by atoms with Gasteiger partial charge in [-0.1, -0.05) is 0 Å². The number of aromatic amines is 1. The zero-order chi connectivity index (χ0) is 15.6. The van der Waals surface area contributed by atoms with Crippen molar-refractivity contribution in [2.45, 2.75) is 6.92 Å². The van der Waals surface area contributed by atoms with Crippen molar-refractivity contribution in [1.82, 2.24) is 4.98 Å². The molecule has 21 heavy (non-hydrogen) atoms. The Hall–Kier alpha value is -3.09. The normalized spacial score (nSPS) is 10.1. The maximum Gasteiger partial charge on any atom is 0.335 e. The zero-order valence-electron chi connectivity index (χ0n) is 11.0. The molecule has 4 N–H and O–H groups in total. The molecule has 7 heteroatoms. The summed E-state index contributed by atoms with van der Waals surface area (Å²) in [5, 5.41) is 20.9. The predicted octanol–water partition coefficient (Wildman–Crippen LogP) is 1.87. The van der Waals surface area contributed by atoms with Crippen molar-refractivity contribution in [1.29, 1.82) is 0 Å². The van der Waals surface area contributed by atoms with Gasteiger partial charge in [0, 0.05) is 11.8 Å². The van der Waals surface area contributed by atoms with Gasteiger partial charge < -0.3 is 20.5 Å². The number of aromatic carboxylic acids is 1. The molecule has 1 aromatic carbocycles. The number of hydrogen-bond acceptors (Lipinski definition) is 4. The monoisotopic (exact) mass is 288 g/mol. The molecule has 0 fully saturated rings. The number of phenols is 1. The van der Waals surface area contributed by atoms with Crippen LogP contribution in [0.4, 0.5) is 5.69 Å². The highest BCUT2D eigenvalue weighted by Gasteiger charge is 2.14. The number of aromatic hydroxyl groups is 1. The number of carboxylic acids is 1. The lowest BCUT2D eigenvalue weighted by Gasteiger charge is -2.07. The molecule has 0 aliphatic carbocycles. The van der Waals surface area contributed by atoms with Gasteiger partial charge in [0.15, 0.2) is 5.78 Å². The number of carboxylic acid groups (broad SMARTS) is 1. The van der Waals surface area contributed by atoms with Crippen molar-refractivity contribution in [3.63, 3.8) is 0 Å². The molecule has 0 aliphatic heterocycles. The average molecular weight is 288 g/mol. The maximum absolute atomic E-state index is 12.0. The topological polar surface area (TPSA) is 119 Å². The SMILES string of the molecule is CC(=O)c1c[nH]c(C(=O)Nc2cc(C(=O)O)ccc2O)c1. The van der Waals surface area contributed by atoms with E-state index in [-0.39, 0.29) is 28.5 Å². The predicted molar refractivity (Wildman–Crippen MR) is 73.8 cm³/mol. The molecule has 108 valence electrons. The summed E-state index contributed by atoms with van der Waals surface area (Å²) in [5.41, 5.74) is 0.377. The molecule has 2 aromatic rings. The van der Waals surface area contributed by atoms with Crippen LogP contribution in [0.5, 0.6) is 5.75 Å². The lowest BCUT2D eigenvalue weighted by Crippen LogP contribution is -2.13. The number of Topliss-reactive ketones (excluding diaryl/α,β-unsaturated/α-hetero) is 1. The van der Waals surface area contributed by atoms with Gasteiger partial charge in [-0.3, -0.25) is 9.59 Å². The molecule has 0 unspecified atom stereocenters. The summed E-state index contributed by atoms with van der Waals surface area (Å²) in [6.45, 7) is 1.37. The second-order valence-electron chi connectivity index (χ2n) is 4.35. The average Bonchev–Trinajstić information content (AvgIpc) is 2.90. The first-order valence-corrected chi connectivity index (χ1v) is 5.95. The molecule has 2 rings (SSSR count). The number of nitrogens with one attached hydrogen (secondary N) is 2. The number of anilines is 1. The quantitative estimate of drug-likeness (QED) is 0.505. The number of rotatable bonds is 4. The fourth-order valence-corrected chi connectivity index (χ4v) is 1.69. The number of ketones is 1. The van der Waals surface area contributed by atoms with Crippen LogP contribution in [0.2, 0.25) is 0 Å². The standard InChI is InChI=1S/C14H12N2O5/c1-7(17)9-5-11(15-6-9)13(19)16-10-4-8(14(20)21)2-3-12(10)18/h2-6,15,18H,1H3,(H,16,19)(H,20,21). The molecule has 1 heterocycles. The van der Waals surface area contributed by atoms with Crippen LogP contribution in [0.15, 0.2) is 30.5 Å². The Kier molecular flexibility index (Phi) is 3.75. The fraction of sp³-hybridized carbons (Fsp3) is 0.0714. The van der Waals surface area contributed by atoms with E-state index >= 15 is 0 Å². The first-order valence-electron chi connectivity index (χ1n) is 5.95. The van der Waals surface area contributed by atoms with Crippen molar-refractivity contribution >= 4 is 23.3 Å². The molecular weight excluding hydrogens is 276 g/mol. The van der Waals surface area contributed by atoms with E-state index in [1.165, 1.54) is 31.3 Å². The van der Waals surface area contributed by atoms with Crippen LogP contribution in [-0.4, -0.2) is 32.9 Å². The third-order valence-electron chi connectivity index (χ3n) is 2.83. The minimum atomic E-state index is -1.18. The van der Waals surface area contributed by atoms with Gasteiger partial charge in [0.25, 0.3) is 5.91 Å². The van der Waals surface area contributed by atoms with Crippen molar-refractivity contribution < 1.29 is 24.6 Å².